The average molecular weight is 567 g/mol. The zero-order valence-corrected chi connectivity index (χ0v) is 24.0. The molecule has 0 saturated heterocycles. The van der Waals surface area contributed by atoms with Crippen molar-refractivity contribution >= 4 is 40.6 Å². The van der Waals surface area contributed by atoms with E-state index in [4.69, 9.17) is 4.74 Å². The van der Waals surface area contributed by atoms with E-state index in [0.717, 1.165) is 11.8 Å². The number of aromatic amines is 1. The van der Waals surface area contributed by atoms with E-state index in [1.165, 1.54) is 40.6 Å². The Kier molecular flexibility index (Phi) is 10.2. The highest BCUT2D eigenvalue weighted by Gasteiger charge is 2.24. The van der Waals surface area contributed by atoms with E-state index in [1.807, 2.05) is 19.9 Å². The number of carbonyl (C=O) groups excluding carboxylic acids is 3. The Balaban J connectivity index is 1.81. The van der Waals surface area contributed by atoms with Crippen molar-refractivity contribution in [3.8, 4) is 0 Å². The Morgan fingerprint density at radius 1 is 1.20 bits per heavy atom. The van der Waals surface area contributed by atoms with Gasteiger partial charge in [0.05, 0.1) is 24.0 Å². The number of nitrogens with one attached hydrogen (secondary N) is 2. The lowest BCUT2D eigenvalue weighted by Crippen LogP contribution is -2.37. The van der Waals surface area contributed by atoms with Gasteiger partial charge in [0.2, 0.25) is 5.91 Å². The van der Waals surface area contributed by atoms with Crippen LogP contribution in [0.1, 0.15) is 38.1 Å². The molecule has 0 aliphatic rings. The summed E-state index contributed by atoms with van der Waals surface area (Å²) in [5.74, 6) is -1.39. The molecule has 0 radical (unpaired) electrons. The van der Waals surface area contributed by atoms with Crippen molar-refractivity contribution in [3.63, 3.8) is 0 Å². The lowest BCUT2D eigenvalue weighted by molar-refractivity contribution is -0.125. The van der Waals surface area contributed by atoms with Crippen molar-refractivity contribution in [1.29, 1.82) is 0 Å². The number of ether oxygens (including phenoxy) is 1. The SMILES string of the molecule is CC(C)=Cc1ncc(F)c2cc(Cn3cccc(NC(=O)C(CCC=CC(=O)N(C)C)OC(=O)N(C)C)c3=O)[nH]c12. The van der Waals surface area contributed by atoms with Gasteiger partial charge in [-0.3, -0.25) is 19.4 Å². The number of aromatic nitrogens is 3. The number of likely N-dealkylation sites (N-methyl/N-ethyl adjacent to an activating group) is 1. The van der Waals surface area contributed by atoms with Gasteiger partial charge in [-0.2, -0.15) is 0 Å². The van der Waals surface area contributed by atoms with Gasteiger partial charge in [-0.15, -0.1) is 0 Å². The number of amides is 3. The molecule has 3 rings (SSSR count). The van der Waals surface area contributed by atoms with E-state index in [2.05, 4.69) is 15.3 Å². The van der Waals surface area contributed by atoms with Gasteiger partial charge in [0.25, 0.3) is 11.5 Å². The Morgan fingerprint density at radius 2 is 1.93 bits per heavy atom. The van der Waals surface area contributed by atoms with E-state index in [1.54, 1.807) is 38.5 Å². The normalized spacial score (nSPS) is 11.8. The molecule has 3 heterocycles. The number of fused-ring (bicyclic) bond motifs is 1. The molecular weight excluding hydrogens is 531 g/mol. The van der Waals surface area contributed by atoms with Crippen LogP contribution in [0.2, 0.25) is 0 Å². The van der Waals surface area contributed by atoms with Crippen LogP contribution >= 0.6 is 0 Å². The van der Waals surface area contributed by atoms with Gasteiger partial charge in [-0.1, -0.05) is 11.6 Å². The third-order valence-corrected chi connectivity index (χ3v) is 5.95. The number of hydrogen-bond acceptors (Lipinski definition) is 6. The summed E-state index contributed by atoms with van der Waals surface area (Å²) in [6, 6.07) is 4.66. The predicted molar refractivity (Wildman–Crippen MR) is 155 cm³/mol. The van der Waals surface area contributed by atoms with Crippen LogP contribution in [0.4, 0.5) is 14.9 Å². The number of H-pyrrole nitrogens is 1. The van der Waals surface area contributed by atoms with Crippen LogP contribution in [0, 0.1) is 5.82 Å². The molecule has 12 heteroatoms. The molecule has 3 aromatic rings. The van der Waals surface area contributed by atoms with Crippen LogP contribution in [-0.2, 0) is 20.9 Å². The largest absolute Gasteiger partial charge is 0.436 e. The fraction of sp³-hybridized carbons (Fsp3) is 0.345. The number of pyridine rings is 2. The molecule has 0 fully saturated rings. The zero-order chi connectivity index (χ0) is 30.3. The summed E-state index contributed by atoms with van der Waals surface area (Å²) in [6.45, 7) is 3.90. The maximum atomic E-state index is 14.5. The van der Waals surface area contributed by atoms with Crippen molar-refractivity contribution in [1.82, 2.24) is 24.3 Å². The number of allylic oxidation sites excluding steroid dienone is 2. The molecule has 0 bridgehead atoms. The average Bonchev–Trinajstić information content (AvgIpc) is 3.34. The first-order valence-electron chi connectivity index (χ1n) is 12.9. The van der Waals surface area contributed by atoms with Crippen molar-refractivity contribution in [3.05, 3.63) is 75.9 Å². The molecule has 0 aliphatic carbocycles. The van der Waals surface area contributed by atoms with Crippen molar-refractivity contribution in [2.24, 2.45) is 0 Å². The number of carbonyl (C=O) groups is 3. The van der Waals surface area contributed by atoms with E-state index in [0.29, 0.717) is 22.3 Å². The fourth-order valence-electron chi connectivity index (χ4n) is 3.83. The molecule has 41 heavy (non-hydrogen) atoms. The van der Waals surface area contributed by atoms with E-state index in [9.17, 15) is 23.6 Å². The third kappa shape index (κ3) is 8.13. The minimum Gasteiger partial charge on any atom is -0.436 e. The summed E-state index contributed by atoms with van der Waals surface area (Å²) in [5, 5.41) is 2.91. The molecule has 1 atom stereocenters. The highest BCUT2D eigenvalue weighted by molar-refractivity contribution is 5.95. The number of nitrogens with zero attached hydrogens (tertiary/aromatic N) is 4. The third-order valence-electron chi connectivity index (χ3n) is 5.95. The summed E-state index contributed by atoms with van der Waals surface area (Å²) in [7, 11) is 6.20. The zero-order valence-electron chi connectivity index (χ0n) is 24.0. The van der Waals surface area contributed by atoms with Gasteiger partial charge in [0.15, 0.2) is 11.9 Å². The van der Waals surface area contributed by atoms with Gasteiger partial charge < -0.3 is 29.4 Å². The maximum Gasteiger partial charge on any atom is 0.410 e. The second-order valence-corrected chi connectivity index (χ2v) is 10.1. The summed E-state index contributed by atoms with van der Waals surface area (Å²) >= 11 is 0. The summed E-state index contributed by atoms with van der Waals surface area (Å²) in [5.41, 5.74) is 2.14. The van der Waals surface area contributed by atoms with Crippen LogP contribution in [-0.4, -0.2) is 76.5 Å². The van der Waals surface area contributed by atoms with Crippen molar-refractivity contribution < 1.29 is 23.5 Å². The minimum absolute atomic E-state index is 0.0177. The Morgan fingerprint density at radius 3 is 2.59 bits per heavy atom. The van der Waals surface area contributed by atoms with Gasteiger partial charge in [-0.25, -0.2) is 9.18 Å². The minimum atomic E-state index is -1.21. The summed E-state index contributed by atoms with van der Waals surface area (Å²) < 4.78 is 21.2. The smallest absolute Gasteiger partial charge is 0.410 e. The monoisotopic (exact) mass is 566 g/mol. The number of halogens is 1. The molecule has 2 N–H and O–H groups in total. The lowest BCUT2D eigenvalue weighted by Gasteiger charge is -2.19. The molecule has 218 valence electrons. The van der Waals surface area contributed by atoms with Gasteiger partial charge >= 0.3 is 6.09 Å². The highest BCUT2D eigenvalue weighted by atomic mass is 19.1. The Labute approximate surface area is 237 Å². The first-order valence-corrected chi connectivity index (χ1v) is 12.9. The molecular formula is C29H35FN6O5. The van der Waals surface area contributed by atoms with Gasteiger partial charge in [0, 0.05) is 45.5 Å². The second-order valence-electron chi connectivity index (χ2n) is 10.1. The van der Waals surface area contributed by atoms with E-state index < -0.39 is 29.5 Å². The molecule has 0 saturated carbocycles. The number of rotatable bonds is 10. The van der Waals surface area contributed by atoms with Gasteiger partial charge in [0.1, 0.15) is 5.69 Å². The molecule has 0 aliphatic heterocycles. The van der Waals surface area contributed by atoms with Crippen molar-refractivity contribution in [2.45, 2.75) is 39.3 Å². The maximum absolute atomic E-state index is 14.5. The second kappa shape index (κ2) is 13.6. The quantitative estimate of drug-likeness (QED) is 0.360. The van der Waals surface area contributed by atoms with Crippen molar-refractivity contribution in [2.75, 3.05) is 33.5 Å². The summed E-state index contributed by atoms with van der Waals surface area (Å²) in [4.78, 5) is 60.2. The topological polar surface area (TPSA) is 130 Å². The van der Waals surface area contributed by atoms with Gasteiger partial charge in [-0.05, 0) is 57.0 Å². The van der Waals surface area contributed by atoms with Crippen LogP contribution in [0.25, 0.3) is 17.0 Å². The standard InChI is InChI=1S/C29H35FN6O5/c1-18(2)14-23-26-20(21(30)16-31-23)15-19(32-26)17-36-13-9-10-22(28(36)39)33-27(38)24(41-29(40)35(5)6)11-7-8-12-25(37)34(3)4/h8-10,12-16,24,32H,7,11,17H2,1-6H3,(H,33,38). The molecule has 11 nitrogen and oxygen atoms in total. The predicted octanol–water partition coefficient (Wildman–Crippen LogP) is 3.77. The molecule has 0 spiro atoms. The number of hydrogen-bond donors (Lipinski definition) is 2. The Bertz CT molecular complexity index is 1550. The summed E-state index contributed by atoms with van der Waals surface area (Å²) in [6.07, 6.45) is 5.92. The first-order chi connectivity index (χ1) is 19.4. The van der Waals surface area contributed by atoms with Crippen LogP contribution in [0.15, 0.2) is 53.1 Å². The van der Waals surface area contributed by atoms with Crippen LogP contribution in [0.3, 0.4) is 0 Å². The molecule has 3 amide bonds. The molecule has 3 aromatic heterocycles. The Hall–Kier alpha value is -4.74. The first kappa shape index (κ1) is 30.8. The van der Waals surface area contributed by atoms with E-state index in [-0.39, 0.29) is 31.0 Å². The number of anilines is 1. The highest BCUT2D eigenvalue weighted by Crippen LogP contribution is 2.23. The lowest BCUT2D eigenvalue weighted by atomic mass is 10.1. The van der Waals surface area contributed by atoms with Crippen LogP contribution in [0.5, 0.6) is 0 Å². The molecule has 0 aromatic carbocycles. The molecule has 1 unspecified atom stereocenters. The van der Waals surface area contributed by atoms with E-state index >= 15 is 0 Å². The van der Waals surface area contributed by atoms with Crippen LogP contribution < -0.4 is 10.9 Å². The fourth-order valence-corrected chi connectivity index (χ4v) is 3.83.